The van der Waals surface area contributed by atoms with Crippen molar-refractivity contribution in [3.63, 3.8) is 0 Å². The molecular weight excluding hydrogens is 246 g/mol. The van der Waals surface area contributed by atoms with Crippen molar-refractivity contribution in [1.82, 2.24) is 9.78 Å². The second-order valence-electron chi connectivity index (χ2n) is 4.53. The van der Waals surface area contributed by atoms with Crippen LogP contribution in [0.15, 0.2) is 0 Å². The molecule has 0 amide bonds. The first-order valence-electron chi connectivity index (χ1n) is 6.29. The number of anilines is 1. The quantitative estimate of drug-likeness (QED) is 0.581. The zero-order chi connectivity index (χ0) is 14.6. The maximum atomic E-state index is 11.2. The summed E-state index contributed by atoms with van der Waals surface area (Å²) in [5.41, 5.74) is 0.443. The highest BCUT2D eigenvalue weighted by Crippen LogP contribution is 2.32. The fourth-order valence-electron chi connectivity index (χ4n) is 2.06. The van der Waals surface area contributed by atoms with Gasteiger partial charge in [0.05, 0.1) is 17.4 Å². The Morgan fingerprint density at radius 2 is 2.21 bits per heavy atom. The normalized spacial score (nSPS) is 10.5. The molecule has 0 bridgehead atoms. The third kappa shape index (κ3) is 3.02. The van der Waals surface area contributed by atoms with E-state index in [1.165, 1.54) is 0 Å². The highest BCUT2D eigenvalue weighted by molar-refractivity contribution is 5.61. The van der Waals surface area contributed by atoms with Crippen molar-refractivity contribution in [1.29, 1.82) is 5.26 Å². The molecule has 0 saturated heterocycles. The molecule has 19 heavy (non-hydrogen) atoms. The molecular formula is C12H19N5O2. The predicted octanol–water partition coefficient (Wildman–Crippen LogP) is 2.25. The van der Waals surface area contributed by atoms with E-state index in [0.29, 0.717) is 31.0 Å². The van der Waals surface area contributed by atoms with Gasteiger partial charge in [0, 0.05) is 19.1 Å². The van der Waals surface area contributed by atoms with Gasteiger partial charge in [0.25, 0.3) is 0 Å². The van der Waals surface area contributed by atoms with Crippen molar-refractivity contribution in [2.75, 3.05) is 11.4 Å². The molecule has 1 aromatic heterocycles. The molecule has 104 valence electrons. The molecule has 7 nitrogen and oxygen atoms in total. The van der Waals surface area contributed by atoms with Crippen molar-refractivity contribution in [3.05, 3.63) is 15.8 Å². The van der Waals surface area contributed by atoms with E-state index in [1.54, 1.807) is 11.6 Å². The summed E-state index contributed by atoms with van der Waals surface area (Å²) in [6.07, 6.45) is 0.323. The first kappa shape index (κ1) is 15.0. The summed E-state index contributed by atoms with van der Waals surface area (Å²) in [7, 11) is 0. The van der Waals surface area contributed by atoms with Crippen molar-refractivity contribution in [3.8, 4) is 6.07 Å². The first-order valence-corrected chi connectivity index (χ1v) is 6.29. The Balaban J connectivity index is 3.35. The van der Waals surface area contributed by atoms with Crippen LogP contribution in [-0.2, 0) is 6.54 Å². The van der Waals surface area contributed by atoms with Crippen LogP contribution in [0.25, 0.3) is 0 Å². The third-order valence-corrected chi connectivity index (χ3v) is 2.91. The highest BCUT2D eigenvalue weighted by atomic mass is 16.6. The molecule has 1 aromatic rings. The number of nitrogens with zero attached hydrogens (tertiary/aromatic N) is 5. The van der Waals surface area contributed by atoms with Crippen LogP contribution in [0.5, 0.6) is 0 Å². The minimum Gasteiger partial charge on any atom is -0.348 e. The molecule has 0 atom stereocenters. The van der Waals surface area contributed by atoms with E-state index in [-0.39, 0.29) is 11.7 Å². The van der Waals surface area contributed by atoms with Crippen LogP contribution in [0.1, 0.15) is 32.9 Å². The molecule has 0 unspecified atom stereocenters. The topological polar surface area (TPSA) is 88.0 Å². The zero-order valence-corrected chi connectivity index (χ0v) is 11.8. The molecule has 0 radical (unpaired) electrons. The third-order valence-electron chi connectivity index (χ3n) is 2.91. The summed E-state index contributed by atoms with van der Waals surface area (Å²) in [5, 5.41) is 24.2. The van der Waals surface area contributed by atoms with Crippen LogP contribution in [0.3, 0.4) is 0 Å². The van der Waals surface area contributed by atoms with Crippen LogP contribution in [-0.4, -0.2) is 27.3 Å². The molecule has 1 heterocycles. The predicted molar refractivity (Wildman–Crippen MR) is 72.0 cm³/mol. The molecule has 0 spiro atoms. The van der Waals surface area contributed by atoms with Crippen LogP contribution in [0.2, 0.25) is 0 Å². The molecule has 7 heteroatoms. The summed E-state index contributed by atoms with van der Waals surface area (Å²) in [4.78, 5) is 12.7. The number of aryl methyl sites for hydroxylation is 2. The van der Waals surface area contributed by atoms with Gasteiger partial charge in [-0.15, -0.1) is 0 Å². The van der Waals surface area contributed by atoms with Crippen molar-refractivity contribution in [2.24, 2.45) is 0 Å². The summed E-state index contributed by atoms with van der Waals surface area (Å²) in [6.45, 7) is 8.44. The number of nitriles is 1. The summed E-state index contributed by atoms with van der Waals surface area (Å²) >= 11 is 0. The van der Waals surface area contributed by atoms with Gasteiger partial charge in [-0.1, -0.05) is 0 Å². The molecule has 1 rings (SSSR count). The van der Waals surface area contributed by atoms with E-state index in [1.807, 2.05) is 25.7 Å². The van der Waals surface area contributed by atoms with Gasteiger partial charge < -0.3 is 4.90 Å². The zero-order valence-electron chi connectivity index (χ0n) is 11.8. The number of aromatic nitrogens is 2. The Morgan fingerprint density at radius 1 is 1.58 bits per heavy atom. The average molecular weight is 265 g/mol. The van der Waals surface area contributed by atoms with Crippen molar-refractivity contribution < 1.29 is 4.92 Å². The van der Waals surface area contributed by atoms with Crippen molar-refractivity contribution >= 4 is 11.5 Å². The maximum Gasteiger partial charge on any atom is 0.333 e. The first-order chi connectivity index (χ1) is 8.93. The summed E-state index contributed by atoms with van der Waals surface area (Å²) < 4.78 is 1.63. The smallest absolute Gasteiger partial charge is 0.333 e. The van der Waals surface area contributed by atoms with Crippen LogP contribution < -0.4 is 4.90 Å². The average Bonchev–Trinajstić information content (AvgIpc) is 2.66. The van der Waals surface area contributed by atoms with Gasteiger partial charge in [0.2, 0.25) is 5.82 Å². The maximum absolute atomic E-state index is 11.2. The Bertz CT molecular complexity index is 501. The lowest BCUT2D eigenvalue weighted by molar-refractivity contribution is -0.384. The largest absolute Gasteiger partial charge is 0.348 e. The van der Waals surface area contributed by atoms with Crippen LogP contribution >= 0.6 is 0 Å². The Labute approximate surface area is 112 Å². The highest BCUT2D eigenvalue weighted by Gasteiger charge is 2.30. The fourth-order valence-corrected chi connectivity index (χ4v) is 2.06. The monoisotopic (exact) mass is 265 g/mol. The van der Waals surface area contributed by atoms with E-state index in [2.05, 4.69) is 11.2 Å². The Hall–Kier alpha value is -2.10. The van der Waals surface area contributed by atoms with Gasteiger partial charge in [0.15, 0.2) is 0 Å². The van der Waals surface area contributed by atoms with Gasteiger partial charge in [-0.3, -0.25) is 10.1 Å². The van der Waals surface area contributed by atoms with Gasteiger partial charge in [0.1, 0.15) is 5.69 Å². The molecule has 0 aromatic carbocycles. The van der Waals surface area contributed by atoms with Gasteiger partial charge >= 0.3 is 5.69 Å². The van der Waals surface area contributed by atoms with E-state index < -0.39 is 4.92 Å². The Kier molecular flexibility index (Phi) is 4.87. The van der Waals surface area contributed by atoms with Crippen molar-refractivity contribution in [2.45, 2.75) is 46.7 Å². The van der Waals surface area contributed by atoms with E-state index in [0.717, 1.165) is 0 Å². The lowest BCUT2D eigenvalue weighted by Crippen LogP contribution is -2.34. The number of rotatable bonds is 6. The molecule has 0 aliphatic carbocycles. The number of nitro groups is 1. The number of hydrogen-bond donors (Lipinski definition) is 0. The lowest BCUT2D eigenvalue weighted by Gasteiger charge is -2.27. The molecule has 0 N–H and O–H groups in total. The molecule has 0 aliphatic heterocycles. The number of hydrogen-bond acceptors (Lipinski definition) is 5. The van der Waals surface area contributed by atoms with Gasteiger partial charge in [-0.05, 0) is 27.7 Å². The molecule has 0 aliphatic rings. The van der Waals surface area contributed by atoms with Crippen LogP contribution in [0.4, 0.5) is 11.5 Å². The van der Waals surface area contributed by atoms with Gasteiger partial charge in [-0.2, -0.15) is 10.4 Å². The lowest BCUT2D eigenvalue weighted by atomic mass is 10.2. The SMILES string of the molecule is CCn1nc(C)c([N+](=O)[O-])c1N(CCC#N)C(C)C. The minimum atomic E-state index is -0.397. The molecule has 0 saturated carbocycles. The van der Waals surface area contributed by atoms with Gasteiger partial charge in [-0.25, -0.2) is 4.68 Å². The van der Waals surface area contributed by atoms with E-state index in [4.69, 9.17) is 5.26 Å². The fraction of sp³-hybridized carbons (Fsp3) is 0.667. The standard InChI is InChI=1S/C12H19N5O2/c1-5-16-12(11(17(18)19)10(4)14-16)15(9(2)3)8-6-7-13/h9H,5-6,8H2,1-4H3. The van der Waals surface area contributed by atoms with E-state index in [9.17, 15) is 10.1 Å². The Morgan fingerprint density at radius 3 is 2.63 bits per heavy atom. The second-order valence-corrected chi connectivity index (χ2v) is 4.53. The van der Waals surface area contributed by atoms with Crippen LogP contribution in [0, 0.1) is 28.4 Å². The van der Waals surface area contributed by atoms with E-state index >= 15 is 0 Å². The molecule has 0 fully saturated rings. The summed E-state index contributed by atoms with van der Waals surface area (Å²) in [5.74, 6) is 0.496. The minimum absolute atomic E-state index is 0.0356. The summed E-state index contributed by atoms with van der Waals surface area (Å²) in [6, 6.07) is 2.14. The second kappa shape index (κ2) is 6.18.